The number of nitrogens with zero attached hydrogens (tertiary/aromatic N) is 2. The predicted molar refractivity (Wildman–Crippen MR) is 105 cm³/mol. The van der Waals surface area contributed by atoms with Gasteiger partial charge in [-0.3, -0.25) is 9.59 Å². The maximum absolute atomic E-state index is 13.2. The molecule has 0 N–H and O–H groups in total. The monoisotopic (exact) mass is 402 g/mol. The molecule has 1 saturated heterocycles. The minimum Gasteiger partial charge on any atom is -0.497 e. The molecule has 0 unspecified atom stereocenters. The van der Waals surface area contributed by atoms with Gasteiger partial charge in [-0.25, -0.2) is 12.7 Å². The zero-order chi connectivity index (χ0) is 20.3. The first-order chi connectivity index (χ1) is 13.4. The highest BCUT2D eigenvalue weighted by Crippen LogP contribution is 2.30. The molecule has 1 heterocycles. The molecule has 1 fully saturated rings. The van der Waals surface area contributed by atoms with Gasteiger partial charge in [0.05, 0.1) is 12.0 Å². The third kappa shape index (κ3) is 3.60. The molecule has 1 aliphatic heterocycles. The van der Waals surface area contributed by atoms with E-state index in [4.69, 9.17) is 4.74 Å². The lowest BCUT2D eigenvalue weighted by Gasteiger charge is -2.29. The first-order valence-corrected chi connectivity index (χ1v) is 10.4. The van der Waals surface area contributed by atoms with Crippen LogP contribution in [0, 0.1) is 0 Å². The average Bonchev–Trinajstić information content (AvgIpc) is 3.12. The summed E-state index contributed by atoms with van der Waals surface area (Å²) in [4.78, 5) is 27.1. The lowest BCUT2D eigenvalue weighted by molar-refractivity contribution is -0.129. The van der Waals surface area contributed by atoms with Crippen LogP contribution in [0.4, 0.5) is 5.69 Å². The van der Waals surface area contributed by atoms with Gasteiger partial charge in [0.25, 0.3) is 15.9 Å². The molecule has 2 amide bonds. The maximum Gasteiger partial charge on any atom is 0.267 e. The van der Waals surface area contributed by atoms with Gasteiger partial charge in [-0.2, -0.15) is 0 Å². The zero-order valence-corrected chi connectivity index (χ0v) is 16.6. The van der Waals surface area contributed by atoms with Gasteiger partial charge in [-0.1, -0.05) is 18.2 Å². The van der Waals surface area contributed by atoms with Crippen LogP contribution in [-0.4, -0.2) is 44.2 Å². The van der Waals surface area contributed by atoms with E-state index in [9.17, 15) is 18.0 Å². The molecule has 0 spiro atoms. The highest BCUT2D eigenvalue weighted by molar-refractivity contribution is 7.89. The SMILES string of the molecule is CCN(C(=O)[C@H]1CCC(=O)N1S(=O)(=O)c1ccccc1)c1ccc(OC)cc1. The maximum atomic E-state index is 13.2. The van der Waals surface area contributed by atoms with E-state index >= 15 is 0 Å². The highest BCUT2D eigenvalue weighted by atomic mass is 32.2. The first-order valence-electron chi connectivity index (χ1n) is 8.98. The number of likely N-dealkylation sites (N-methyl/N-ethyl adjacent to an activating group) is 1. The molecule has 0 aromatic heterocycles. The lowest BCUT2D eigenvalue weighted by atomic mass is 10.2. The van der Waals surface area contributed by atoms with Crippen molar-refractivity contribution in [2.45, 2.75) is 30.7 Å². The second-order valence-electron chi connectivity index (χ2n) is 6.34. The topological polar surface area (TPSA) is 84.0 Å². The van der Waals surface area contributed by atoms with E-state index in [-0.39, 0.29) is 17.7 Å². The van der Waals surface area contributed by atoms with Gasteiger partial charge < -0.3 is 9.64 Å². The van der Waals surface area contributed by atoms with E-state index in [1.807, 2.05) is 0 Å². The van der Waals surface area contributed by atoms with Crippen molar-refractivity contribution in [2.24, 2.45) is 0 Å². The second kappa shape index (κ2) is 8.02. The van der Waals surface area contributed by atoms with Crippen LogP contribution >= 0.6 is 0 Å². The Hall–Kier alpha value is -2.87. The van der Waals surface area contributed by atoms with Crippen molar-refractivity contribution >= 4 is 27.5 Å². The number of anilines is 1. The summed E-state index contributed by atoms with van der Waals surface area (Å²) in [6.45, 7) is 2.14. The number of rotatable bonds is 6. The molecule has 2 aromatic rings. The summed E-state index contributed by atoms with van der Waals surface area (Å²) >= 11 is 0. The van der Waals surface area contributed by atoms with Crippen molar-refractivity contribution in [1.82, 2.24) is 4.31 Å². The number of hydrogen-bond acceptors (Lipinski definition) is 5. The molecule has 1 atom stereocenters. The van der Waals surface area contributed by atoms with Gasteiger partial charge in [0, 0.05) is 18.7 Å². The molecule has 28 heavy (non-hydrogen) atoms. The molecule has 0 saturated carbocycles. The van der Waals surface area contributed by atoms with Crippen molar-refractivity contribution in [2.75, 3.05) is 18.6 Å². The first kappa shape index (κ1) is 19.9. The fourth-order valence-corrected chi connectivity index (χ4v) is 4.92. The van der Waals surface area contributed by atoms with E-state index in [0.717, 1.165) is 4.31 Å². The summed E-state index contributed by atoms with van der Waals surface area (Å²) in [6.07, 6.45) is 0.180. The van der Waals surface area contributed by atoms with E-state index in [0.29, 0.717) is 18.0 Å². The summed E-state index contributed by atoms with van der Waals surface area (Å²) in [5, 5.41) is 0. The molecular weight excluding hydrogens is 380 g/mol. The minimum absolute atomic E-state index is 0.00412. The van der Waals surface area contributed by atoms with Crippen LogP contribution in [0.25, 0.3) is 0 Å². The molecule has 7 nitrogen and oxygen atoms in total. The van der Waals surface area contributed by atoms with Crippen molar-refractivity contribution in [3.8, 4) is 5.75 Å². The Morgan fingerprint density at radius 3 is 2.36 bits per heavy atom. The van der Waals surface area contributed by atoms with Crippen LogP contribution in [0.2, 0.25) is 0 Å². The van der Waals surface area contributed by atoms with Crippen molar-refractivity contribution in [1.29, 1.82) is 0 Å². The third-order valence-corrected chi connectivity index (χ3v) is 6.56. The van der Waals surface area contributed by atoms with Crippen LogP contribution in [0.15, 0.2) is 59.5 Å². The summed E-state index contributed by atoms with van der Waals surface area (Å²) in [5.74, 6) is -0.331. The van der Waals surface area contributed by atoms with Crippen molar-refractivity contribution in [3.63, 3.8) is 0 Å². The van der Waals surface area contributed by atoms with E-state index in [1.165, 1.54) is 17.0 Å². The van der Waals surface area contributed by atoms with Gasteiger partial charge in [-0.15, -0.1) is 0 Å². The smallest absolute Gasteiger partial charge is 0.267 e. The Morgan fingerprint density at radius 1 is 1.14 bits per heavy atom. The van der Waals surface area contributed by atoms with Crippen LogP contribution in [0.5, 0.6) is 5.75 Å². The largest absolute Gasteiger partial charge is 0.497 e. The summed E-state index contributed by atoms with van der Waals surface area (Å²) in [6, 6.07) is 13.6. The van der Waals surface area contributed by atoms with Gasteiger partial charge in [-0.05, 0) is 49.7 Å². The average molecular weight is 402 g/mol. The van der Waals surface area contributed by atoms with Crippen LogP contribution in [0.3, 0.4) is 0 Å². The Bertz CT molecular complexity index is 958. The zero-order valence-electron chi connectivity index (χ0n) is 15.7. The van der Waals surface area contributed by atoms with Gasteiger partial charge in [0.1, 0.15) is 11.8 Å². The fourth-order valence-electron chi connectivity index (χ4n) is 3.30. The predicted octanol–water partition coefficient (Wildman–Crippen LogP) is 2.43. The second-order valence-corrected chi connectivity index (χ2v) is 8.16. The number of amides is 2. The fraction of sp³-hybridized carbons (Fsp3) is 0.300. The number of benzene rings is 2. The molecule has 0 bridgehead atoms. The normalized spacial score (nSPS) is 16.9. The number of sulfonamides is 1. The Morgan fingerprint density at radius 2 is 1.79 bits per heavy atom. The Kier molecular flexibility index (Phi) is 5.69. The molecule has 0 radical (unpaired) electrons. The molecular formula is C20H22N2O5S. The van der Waals surface area contributed by atoms with Crippen LogP contribution in [-0.2, 0) is 19.6 Å². The van der Waals surface area contributed by atoms with Crippen molar-refractivity contribution < 1.29 is 22.7 Å². The van der Waals surface area contributed by atoms with E-state index in [2.05, 4.69) is 0 Å². The molecule has 148 valence electrons. The number of hydrogen-bond donors (Lipinski definition) is 0. The van der Waals surface area contributed by atoms with Crippen LogP contribution in [0.1, 0.15) is 19.8 Å². The third-order valence-electron chi connectivity index (χ3n) is 4.71. The molecule has 1 aliphatic rings. The van der Waals surface area contributed by atoms with E-state index in [1.54, 1.807) is 56.5 Å². The minimum atomic E-state index is -4.10. The number of methoxy groups -OCH3 is 1. The molecule has 0 aliphatic carbocycles. The Labute approximate surface area is 164 Å². The molecule has 2 aromatic carbocycles. The van der Waals surface area contributed by atoms with E-state index < -0.39 is 27.9 Å². The number of carbonyl (C=O) groups excluding carboxylic acids is 2. The summed E-state index contributed by atoms with van der Waals surface area (Å²) < 4.78 is 31.9. The summed E-state index contributed by atoms with van der Waals surface area (Å²) in [7, 11) is -2.55. The Balaban J connectivity index is 1.93. The summed E-state index contributed by atoms with van der Waals surface area (Å²) in [5.41, 5.74) is 0.615. The number of ether oxygens (including phenoxy) is 1. The number of carbonyl (C=O) groups is 2. The van der Waals surface area contributed by atoms with Crippen molar-refractivity contribution in [3.05, 3.63) is 54.6 Å². The quantitative estimate of drug-likeness (QED) is 0.741. The highest BCUT2D eigenvalue weighted by Gasteiger charge is 2.45. The standard InChI is InChI=1S/C20H22N2O5S/c1-3-21(15-9-11-16(27-2)12-10-15)20(24)18-13-14-19(23)22(18)28(25,26)17-7-5-4-6-8-17/h4-12,18H,3,13-14H2,1-2H3/t18-/m1/s1. The van der Waals surface area contributed by atoms with Gasteiger partial charge in [0.15, 0.2) is 0 Å². The lowest BCUT2D eigenvalue weighted by Crippen LogP contribution is -2.49. The molecule has 3 rings (SSSR count). The van der Waals surface area contributed by atoms with Crippen LogP contribution < -0.4 is 9.64 Å². The van der Waals surface area contributed by atoms with Gasteiger partial charge in [0.2, 0.25) is 5.91 Å². The van der Waals surface area contributed by atoms with Gasteiger partial charge >= 0.3 is 0 Å². The molecule has 8 heteroatoms.